The number of rotatable bonds is 5. The number of esters is 1. The summed E-state index contributed by atoms with van der Waals surface area (Å²) in [5, 5.41) is 0. The third-order valence-corrected chi connectivity index (χ3v) is 4.99. The molecule has 1 aromatic carbocycles. The van der Waals surface area contributed by atoms with E-state index in [9.17, 15) is 13.2 Å². The molecule has 0 bridgehead atoms. The van der Waals surface area contributed by atoms with Crippen molar-refractivity contribution in [1.82, 2.24) is 4.72 Å². The molecule has 1 N–H and O–H groups in total. The van der Waals surface area contributed by atoms with Gasteiger partial charge in [0.2, 0.25) is 10.0 Å². The third-order valence-electron chi connectivity index (χ3n) is 3.56. The summed E-state index contributed by atoms with van der Waals surface area (Å²) in [4.78, 5) is 14.1. The predicted octanol–water partition coefficient (Wildman–Crippen LogP) is 1.13. The molecule has 0 aliphatic carbocycles. The predicted molar refractivity (Wildman–Crippen MR) is 79.7 cm³/mol. The van der Waals surface area contributed by atoms with Crippen molar-refractivity contribution >= 4 is 21.7 Å². The number of carbonyl (C=O) groups excluding carboxylic acids is 1. The molecule has 0 aromatic heterocycles. The molecule has 2 rings (SSSR count). The summed E-state index contributed by atoms with van der Waals surface area (Å²) in [7, 11) is -2.06. The van der Waals surface area contributed by atoms with Gasteiger partial charge in [-0.15, -0.1) is 0 Å². The molecule has 1 heterocycles. The molecule has 0 spiro atoms. The van der Waals surface area contributed by atoms with E-state index in [4.69, 9.17) is 4.74 Å². The van der Waals surface area contributed by atoms with Crippen molar-refractivity contribution < 1.29 is 17.9 Å². The van der Waals surface area contributed by atoms with Crippen LogP contribution in [0.25, 0.3) is 0 Å². The first kappa shape index (κ1) is 15.8. The standard InChI is InChI=1S/C14H20N2O4S/c1-3-20-14(17)13-5-4-10-16(13)11-6-8-12(9-7-11)21(18,19)15-2/h6-9,13,15H,3-5,10H2,1-2H3. The Morgan fingerprint density at radius 2 is 2.05 bits per heavy atom. The van der Waals surface area contributed by atoms with Crippen molar-refractivity contribution in [2.45, 2.75) is 30.7 Å². The molecular formula is C14H20N2O4S. The second-order valence-corrected chi connectivity index (χ2v) is 6.69. The molecule has 0 amide bonds. The van der Waals surface area contributed by atoms with E-state index in [0.717, 1.165) is 25.1 Å². The van der Waals surface area contributed by atoms with Crippen molar-refractivity contribution in [1.29, 1.82) is 0 Å². The molecule has 1 aliphatic heterocycles. The van der Waals surface area contributed by atoms with E-state index in [-0.39, 0.29) is 16.9 Å². The highest BCUT2D eigenvalue weighted by Crippen LogP contribution is 2.27. The quantitative estimate of drug-likeness (QED) is 0.825. The third kappa shape index (κ3) is 3.36. The number of hydrogen-bond acceptors (Lipinski definition) is 5. The molecule has 1 saturated heterocycles. The van der Waals surface area contributed by atoms with Gasteiger partial charge in [0.1, 0.15) is 6.04 Å². The molecule has 0 radical (unpaired) electrons. The lowest BCUT2D eigenvalue weighted by Gasteiger charge is -2.25. The number of benzene rings is 1. The maximum Gasteiger partial charge on any atom is 0.328 e. The Kier molecular flexibility index (Phi) is 4.84. The smallest absolute Gasteiger partial charge is 0.328 e. The van der Waals surface area contributed by atoms with E-state index in [1.165, 1.54) is 7.05 Å². The van der Waals surface area contributed by atoms with Crippen LogP contribution in [0.4, 0.5) is 5.69 Å². The normalized spacial score (nSPS) is 18.8. The van der Waals surface area contributed by atoms with Gasteiger partial charge < -0.3 is 9.64 Å². The van der Waals surface area contributed by atoms with Gasteiger partial charge >= 0.3 is 5.97 Å². The van der Waals surface area contributed by atoms with Crippen molar-refractivity contribution in [3.8, 4) is 0 Å². The monoisotopic (exact) mass is 312 g/mol. The van der Waals surface area contributed by atoms with Crippen LogP contribution < -0.4 is 9.62 Å². The first-order valence-corrected chi connectivity index (χ1v) is 8.45. The van der Waals surface area contributed by atoms with Gasteiger partial charge in [0.05, 0.1) is 11.5 Å². The van der Waals surface area contributed by atoms with Crippen molar-refractivity contribution in [3.63, 3.8) is 0 Å². The van der Waals surface area contributed by atoms with Crippen LogP contribution in [-0.2, 0) is 19.6 Å². The minimum Gasteiger partial charge on any atom is -0.464 e. The van der Waals surface area contributed by atoms with Gasteiger partial charge in [-0.2, -0.15) is 0 Å². The number of carbonyl (C=O) groups is 1. The van der Waals surface area contributed by atoms with Crippen LogP contribution in [0.2, 0.25) is 0 Å². The molecular weight excluding hydrogens is 292 g/mol. The molecule has 6 nitrogen and oxygen atoms in total. The van der Waals surface area contributed by atoms with Crippen LogP contribution in [-0.4, -0.2) is 40.6 Å². The Balaban J connectivity index is 2.20. The van der Waals surface area contributed by atoms with Gasteiger partial charge in [0, 0.05) is 12.2 Å². The number of nitrogens with one attached hydrogen (secondary N) is 1. The Morgan fingerprint density at radius 1 is 1.38 bits per heavy atom. The Hall–Kier alpha value is -1.60. The van der Waals surface area contributed by atoms with E-state index in [1.807, 2.05) is 4.90 Å². The zero-order valence-electron chi connectivity index (χ0n) is 12.2. The van der Waals surface area contributed by atoms with Gasteiger partial charge in [0.15, 0.2) is 0 Å². The zero-order chi connectivity index (χ0) is 15.5. The van der Waals surface area contributed by atoms with Crippen LogP contribution >= 0.6 is 0 Å². The highest BCUT2D eigenvalue weighted by atomic mass is 32.2. The van der Waals surface area contributed by atoms with E-state index >= 15 is 0 Å². The lowest BCUT2D eigenvalue weighted by molar-refractivity contribution is -0.144. The van der Waals surface area contributed by atoms with Crippen molar-refractivity contribution in [3.05, 3.63) is 24.3 Å². The lowest BCUT2D eigenvalue weighted by atomic mass is 10.2. The first-order valence-electron chi connectivity index (χ1n) is 6.96. The maximum absolute atomic E-state index is 11.9. The summed E-state index contributed by atoms with van der Waals surface area (Å²) in [6, 6.07) is 6.25. The second-order valence-electron chi connectivity index (χ2n) is 4.80. The van der Waals surface area contributed by atoms with Gasteiger partial charge in [-0.05, 0) is 51.1 Å². The van der Waals surface area contributed by atoms with E-state index < -0.39 is 10.0 Å². The summed E-state index contributed by atoms with van der Waals surface area (Å²) < 4.78 is 30.7. The van der Waals surface area contributed by atoms with Crippen LogP contribution in [0.5, 0.6) is 0 Å². The molecule has 1 fully saturated rings. The fraction of sp³-hybridized carbons (Fsp3) is 0.500. The molecule has 0 saturated carbocycles. The summed E-state index contributed by atoms with van der Waals surface area (Å²) in [5.74, 6) is -0.220. The molecule has 21 heavy (non-hydrogen) atoms. The minimum absolute atomic E-state index is 0.209. The molecule has 1 atom stereocenters. The highest BCUT2D eigenvalue weighted by Gasteiger charge is 2.32. The highest BCUT2D eigenvalue weighted by molar-refractivity contribution is 7.89. The van der Waals surface area contributed by atoms with Crippen molar-refractivity contribution in [2.24, 2.45) is 0 Å². The van der Waals surface area contributed by atoms with Crippen LogP contribution in [0.1, 0.15) is 19.8 Å². The minimum atomic E-state index is -3.44. The van der Waals surface area contributed by atoms with Crippen LogP contribution in [0, 0.1) is 0 Å². The Morgan fingerprint density at radius 3 is 2.62 bits per heavy atom. The lowest BCUT2D eigenvalue weighted by Crippen LogP contribution is -2.37. The van der Waals surface area contributed by atoms with Crippen molar-refractivity contribution in [2.75, 3.05) is 25.1 Å². The first-order chi connectivity index (χ1) is 9.99. The van der Waals surface area contributed by atoms with Gasteiger partial charge in [-0.25, -0.2) is 17.9 Å². The average Bonchev–Trinajstić information content (AvgIpc) is 2.97. The number of anilines is 1. The SMILES string of the molecule is CCOC(=O)C1CCCN1c1ccc(S(=O)(=O)NC)cc1. The number of sulfonamides is 1. The number of nitrogens with zero attached hydrogens (tertiary/aromatic N) is 1. The fourth-order valence-electron chi connectivity index (χ4n) is 2.49. The fourth-order valence-corrected chi connectivity index (χ4v) is 3.22. The molecule has 116 valence electrons. The summed E-state index contributed by atoms with van der Waals surface area (Å²) in [6.45, 7) is 2.92. The zero-order valence-corrected chi connectivity index (χ0v) is 13.0. The second kappa shape index (κ2) is 6.44. The van der Waals surface area contributed by atoms with Gasteiger partial charge in [-0.3, -0.25) is 0 Å². The Bertz CT molecular complexity index is 598. The maximum atomic E-state index is 11.9. The topological polar surface area (TPSA) is 75.7 Å². The van der Waals surface area contributed by atoms with E-state index in [1.54, 1.807) is 31.2 Å². The molecule has 1 aliphatic rings. The van der Waals surface area contributed by atoms with Crippen LogP contribution in [0.3, 0.4) is 0 Å². The Labute approximate surface area is 125 Å². The molecule has 1 aromatic rings. The van der Waals surface area contributed by atoms with E-state index in [2.05, 4.69) is 4.72 Å². The summed E-state index contributed by atoms with van der Waals surface area (Å²) in [6.07, 6.45) is 1.68. The number of ether oxygens (including phenoxy) is 1. The average molecular weight is 312 g/mol. The van der Waals surface area contributed by atoms with Gasteiger partial charge in [-0.1, -0.05) is 0 Å². The summed E-state index contributed by atoms with van der Waals surface area (Å²) >= 11 is 0. The number of hydrogen-bond donors (Lipinski definition) is 1. The summed E-state index contributed by atoms with van der Waals surface area (Å²) in [5.41, 5.74) is 0.834. The largest absolute Gasteiger partial charge is 0.464 e. The van der Waals surface area contributed by atoms with Gasteiger partial charge in [0.25, 0.3) is 0 Å². The molecule has 1 unspecified atom stereocenters. The van der Waals surface area contributed by atoms with E-state index in [0.29, 0.717) is 6.61 Å². The molecule has 7 heteroatoms. The van der Waals surface area contributed by atoms with Crippen LogP contribution in [0.15, 0.2) is 29.2 Å².